The summed E-state index contributed by atoms with van der Waals surface area (Å²) in [5.74, 6) is -1.07. The third-order valence-electron chi connectivity index (χ3n) is 4.31. The lowest BCUT2D eigenvalue weighted by atomic mass is 10.2. The number of phenols is 1. The lowest BCUT2D eigenvalue weighted by Gasteiger charge is -2.08. The van der Waals surface area contributed by atoms with E-state index in [1.807, 2.05) is 36.4 Å². The van der Waals surface area contributed by atoms with E-state index in [1.54, 1.807) is 48.5 Å². The molecule has 0 fully saturated rings. The molecular formula is C25H19Br2N3O3. The molecule has 0 radical (unpaired) electrons. The van der Waals surface area contributed by atoms with Crippen molar-refractivity contribution in [1.82, 2.24) is 10.7 Å². The Morgan fingerprint density at radius 1 is 0.939 bits per heavy atom. The molecule has 0 saturated heterocycles. The fourth-order valence-electron chi connectivity index (χ4n) is 2.68. The van der Waals surface area contributed by atoms with Crippen LogP contribution < -0.4 is 10.7 Å². The van der Waals surface area contributed by atoms with E-state index >= 15 is 0 Å². The Bertz CT molecular complexity index is 1220. The van der Waals surface area contributed by atoms with Crippen molar-refractivity contribution < 1.29 is 14.7 Å². The third kappa shape index (κ3) is 7.27. The van der Waals surface area contributed by atoms with E-state index in [-0.39, 0.29) is 11.4 Å². The molecule has 0 aliphatic heterocycles. The summed E-state index contributed by atoms with van der Waals surface area (Å²) in [7, 11) is 0. The molecule has 3 aromatic rings. The van der Waals surface area contributed by atoms with Crippen LogP contribution in [0.15, 0.2) is 105 Å². The first-order chi connectivity index (χ1) is 15.9. The monoisotopic (exact) mass is 567 g/mol. The number of hydrazone groups is 1. The number of carbonyl (C=O) groups excluding carboxylic acids is 2. The van der Waals surface area contributed by atoms with Crippen molar-refractivity contribution in [1.29, 1.82) is 0 Å². The normalized spacial score (nSPS) is 11.6. The number of carbonyl (C=O) groups is 2. The molecule has 0 spiro atoms. The van der Waals surface area contributed by atoms with E-state index in [9.17, 15) is 14.7 Å². The standard InChI is InChI=1S/C25H19Br2N3O3/c26-20-14-19(23(31)21(27)15-20)16-28-30-25(33)22(13-7-10-17-8-3-1-4-9-17)29-24(32)18-11-5-2-6-12-18/h1-16,31H,(H,29,32)(H,30,33)/b10-7+,22-13-,28-16-. The van der Waals surface area contributed by atoms with Crippen molar-refractivity contribution in [2.24, 2.45) is 5.10 Å². The maximum atomic E-state index is 12.7. The minimum Gasteiger partial charge on any atom is -0.506 e. The number of amides is 2. The molecule has 0 bridgehead atoms. The average molecular weight is 569 g/mol. The predicted octanol–water partition coefficient (Wildman–Crippen LogP) is 5.39. The van der Waals surface area contributed by atoms with Gasteiger partial charge in [0.25, 0.3) is 11.8 Å². The molecule has 3 aromatic carbocycles. The van der Waals surface area contributed by atoms with E-state index in [4.69, 9.17) is 0 Å². The van der Waals surface area contributed by atoms with E-state index in [0.717, 1.165) is 10.0 Å². The molecular weight excluding hydrogens is 550 g/mol. The summed E-state index contributed by atoms with van der Waals surface area (Å²) >= 11 is 6.58. The number of hydrogen-bond acceptors (Lipinski definition) is 4. The lowest BCUT2D eigenvalue weighted by Crippen LogP contribution is -2.32. The van der Waals surface area contributed by atoms with Crippen LogP contribution in [0.4, 0.5) is 0 Å². The summed E-state index contributed by atoms with van der Waals surface area (Å²) in [5.41, 5.74) is 4.12. The fraction of sp³-hybridized carbons (Fsp3) is 0. The van der Waals surface area contributed by atoms with Gasteiger partial charge in [0.1, 0.15) is 11.4 Å². The Balaban J connectivity index is 1.78. The number of aromatic hydroxyl groups is 1. The number of halogens is 2. The highest BCUT2D eigenvalue weighted by Gasteiger charge is 2.13. The average Bonchev–Trinajstić information content (AvgIpc) is 2.82. The van der Waals surface area contributed by atoms with Gasteiger partial charge < -0.3 is 10.4 Å². The first kappa shape index (κ1) is 24.2. The minimum atomic E-state index is -0.623. The van der Waals surface area contributed by atoms with Gasteiger partial charge in [-0.2, -0.15) is 5.10 Å². The summed E-state index contributed by atoms with van der Waals surface area (Å²) in [6, 6.07) is 21.4. The molecule has 0 aliphatic rings. The number of phenolic OH excluding ortho intramolecular Hbond substituents is 1. The summed E-state index contributed by atoms with van der Waals surface area (Å²) in [4.78, 5) is 25.3. The van der Waals surface area contributed by atoms with Crippen molar-refractivity contribution in [3.63, 3.8) is 0 Å². The Hall–Kier alpha value is -3.49. The smallest absolute Gasteiger partial charge is 0.287 e. The molecule has 0 heterocycles. The van der Waals surface area contributed by atoms with Crippen LogP contribution >= 0.6 is 31.9 Å². The van der Waals surface area contributed by atoms with Crippen molar-refractivity contribution >= 4 is 56.0 Å². The minimum absolute atomic E-state index is 0.00725. The van der Waals surface area contributed by atoms with Crippen LogP contribution in [0, 0.1) is 0 Å². The zero-order valence-electron chi connectivity index (χ0n) is 17.2. The maximum Gasteiger partial charge on any atom is 0.287 e. The van der Waals surface area contributed by atoms with E-state index in [1.165, 1.54) is 12.3 Å². The number of rotatable bonds is 7. The second-order valence-corrected chi connectivity index (χ2v) is 8.46. The van der Waals surface area contributed by atoms with Gasteiger partial charge in [-0.1, -0.05) is 76.6 Å². The zero-order valence-corrected chi connectivity index (χ0v) is 20.4. The molecule has 0 atom stereocenters. The largest absolute Gasteiger partial charge is 0.506 e. The van der Waals surface area contributed by atoms with Crippen molar-refractivity contribution in [2.45, 2.75) is 0 Å². The fourth-order valence-corrected chi connectivity index (χ4v) is 3.94. The first-order valence-electron chi connectivity index (χ1n) is 9.75. The van der Waals surface area contributed by atoms with E-state index in [2.05, 4.69) is 47.7 Å². The Kier molecular flexibility index (Phi) is 8.74. The molecule has 3 rings (SSSR count). The predicted molar refractivity (Wildman–Crippen MR) is 137 cm³/mol. The summed E-state index contributed by atoms with van der Waals surface area (Å²) in [6.07, 6.45) is 6.27. The van der Waals surface area contributed by atoms with Crippen LogP contribution in [0.25, 0.3) is 6.08 Å². The molecule has 33 heavy (non-hydrogen) atoms. The number of nitrogens with zero attached hydrogens (tertiary/aromatic N) is 1. The SMILES string of the molecule is O=C(N/N=C\c1cc(Br)cc(Br)c1O)/C(=C/C=C/c1ccccc1)NC(=O)c1ccccc1. The third-order valence-corrected chi connectivity index (χ3v) is 5.37. The molecule has 0 unspecified atom stereocenters. The number of nitrogens with one attached hydrogen (secondary N) is 2. The van der Waals surface area contributed by atoms with Crippen LogP contribution in [-0.4, -0.2) is 23.1 Å². The summed E-state index contributed by atoms with van der Waals surface area (Å²) in [6.45, 7) is 0. The molecule has 0 aliphatic carbocycles. The number of benzene rings is 3. The Labute approximate surface area is 208 Å². The van der Waals surface area contributed by atoms with Gasteiger partial charge in [0.2, 0.25) is 0 Å². The summed E-state index contributed by atoms with van der Waals surface area (Å²) in [5, 5.41) is 16.6. The highest BCUT2D eigenvalue weighted by molar-refractivity contribution is 9.11. The molecule has 0 saturated carbocycles. The molecule has 3 N–H and O–H groups in total. The van der Waals surface area contributed by atoms with Gasteiger partial charge in [0, 0.05) is 15.6 Å². The van der Waals surface area contributed by atoms with Crippen molar-refractivity contribution in [3.8, 4) is 5.75 Å². The lowest BCUT2D eigenvalue weighted by molar-refractivity contribution is -0.117. The van der Waals surface area contributed by atoms with Gasteiger partial charge in [-0.15, -0.1) is 0 Å². The Morgan fingerprint density at radius 3 is 2.30 bits per heavy atom. The van der Waals surface area contributed by atoms with Crippen LogP contribution in [0.2, 0.25) is 0 Å². The van der Waals surface area contributed by atoms with Crippen molar-refractivity contribution in [2.75, 3.05) is 0 Å². The highest BCUT2D eigenvalue weighted by Crippen LogP contribution is 2.30. The van der Waals surface area contributed by atoms with Crippen LogP contribution in [0.3, 0.4) is 0 Å². The van der Waals surface area contributed by atoms with Crippen LogP contribution in [0.1, 0.15) is 21.5 Å². The van der Waals surface area contributed by atoms with Gasteiger partial charge in [-0.3, -0.25) is 9.59 Å². The molecule has 166 valence electrons. The van der Waals surface area contributed by atoms with Gasteiger partial charge in [0.15, 0.2) is 0 Å². The number of allylic oxidation sites excluding steroid dienone is 2. The zero-order chi connectivity index (χ0) is 23.6. The molecule has 6 nitrogen and oxygen atoms in total. The molecule has 8 heteroatoms. The number of hydrogen-bond donors (Lipinski definition) is 3. The quantitative estimate of drug-likeness (QED) is 0.154. The maximum absolute atomic E-state index is 12.7. The van der Waals surface area contributed by atoms with E-state index in [0.29, 0.717) is 15.6 Å². The van der Waals surface area contributed by atoms with Gasteiger partial charge >= 0.3 is 0 Å². The van der Waals surface area contributed by atoms with Crippen molar-refractivity contribution in [3.05, 3.63) is 116 Å². The molecule has 0 aromatic heterocycles. The second kappa shape index (κ2) is 11.9. The Morgan fingerprint density at radius 2 is 1.61 bits per heavy atom. The van der Waals surface area contributed by atoms with Crippen LogP contribution in [0.5, 0.6) is 5.75 Å². The summed E-state index contributed by atoms with van der Waals surface area (Å²) < 4.78 is 1.20. The van der Waals surface area contributed by atoms with E-state index < -0.39 is 11.8 Å². The molecule has 2 amide bonds. The first-order valence-corrected chi connectivity index (χ1v) is 11.3. The second-order valence-electron chi connectivity index (χ2n) is 6.69. The highest BCUT2D eigenvalue weighted by atomic mass is 79.9. The van der Waals surface area contributed by atoms with Gasteiger partial charge in [-0.05, 0) is 51.8 Å². The van der Waals surface area contributed by atoms with Gasteiger partial charge in [-0.25, -0.2) is 5.43 Å². The van der Waals surface area contributed by atoms with Crippen LogP contribution in [-0.2, 0) is 4.79 Å². The van der Waals surface area contributed by atoms with Gasteiger partial charge in [0.05, 0.1) is 10.7 Å². The topological polar surface area (TPSA) is 90.8 Å².